The summed E-state index contributed by atoms with van der Waals surface area (Å²) in [6, 6.07) is 8.51. The number of anilines is 1. The summed E-state index contributed by atoms with van der Waals surface area (Å²) in [6.07, 6.45) is 1.81. The van der Waals surface area contributed by atoms with Crippen molar-refractivity contribution in [3.8, 4) is 0 Å². The molecule has 4 nitrogen and oxygen atoms in total. The smallest absolute Gasteiger partial charge is 0.224 e. The molecule has 3 aromatic rings. The van der Waals surface area contributed by atoms with E-state index in [1.807, 2.05) is 6.20 Å². The quantitative estimate of drug-likeness (QED) is 0.685. The van der Waals surface area contributed by atoms with Crippen LogP contribution < -0.4 is 5.32 Å². The third-order valence-electron chi connectivity index (χ3n) is 3.45. The van der Waals surface area contributed by atoms with E-state index in [-0.39, 0.29) is 5.41 Å². The Morgan fingerprint density at radius 3 is 2.50 bits per heavy atom. The van der Waals surface area contributed by atoms with Gasteiger partial charge in [-0.3, -0.25) is 0 Å². The fraction of sp³-hybridized carbons (Fsp3) is 0.312. The maximum atomic E-state index is 4.62. The number of hydrogen-bond donors (Lipinski definition) is 1. The lowest BCUT2D eigenvalue weighted by atomic mass is 9.86. The van der Waals surface area contributed by atoms with Crippen molar-refractivity contribution in [2.45, 2.75) is 26.2 Å². The summed E-state index contributed by atoms with van der Waals surface area (Å²) in [5.41, 5.74) is 3.13. The molecule has 3 rings (SSSR count). The number of benzene rings is 1. The Balaban J connectivity index is 2.24. The van der Waals surface area contributed by atoms with Crippen molar-refractivity contribution in [2.24, 2.45) is 0 Å². The van der Waals surface area contributed by atoms with Gasteiger partial charge in [0.05, 0.1) is 5.52 Å². The van der Waals surface area contributed by atoms with Crippen molar-refractivity contribution in [1.82, 2.24) is 15.0 Å². The van der Waals surface area contributed by atoms with Crippen molar-refractivity contribution >= 4 is 27.9 Å². The fourth-order valence-corrected chi connectivity index (χ4v) is 2.21. The molecule has 4 heteroatoms. The molecule has 20 heavy (non-hydrogen) atoms. The lowest BCUT2D eigenvalue weighted by Crippen LogP contribution is -2.10. The van der Waals surface area contributed by atoms with Gasteiger partial charge in [-0.25, -0.2) is 9.97 Å². The first kappa shape index (κ1) is 12.8. The van der Waals surface area contributed by atoms with Crippen LogP contribution in [0.1, 0.15) is 26.3 Å². The van der Waals surface area contributed by atoms with E-state index >= 15 is 0 Å². The first-order valence-electron chi connectivity index (χ1n) is 6.73. The summed E-state index contributed by atoms with van der Waals surface area (Å²) in [5.74, 6) is 0.593. The molecule has 0 atom stereocenters. The molecule has 0 aliphatic heterocycles. The summed E-state index contributed by atoms with van der Waals surface area (Å²) in [5, 5.41) is 5.02. The lowest BCUT2D eigenvalue weighted by molar-refractivity contribution is 0.591. The second-order valence-corrected chi connectivity index (χ2v) is 6.00. The van der Waals surface area contributed by atoms with E-state index in [1.165, 1.54) is 5.56 Å². The predicted octanol–water partition coefficient (Wildman–Crippen LogP) is 3.52. The highest BCUT2D eigenvalue weighted by atomic mass is 15.1. The van der Waals surface area contributed by atoms with Crippen LogP contribution in [0.2, 0.25) is 0 Å². The second kappa shape index (κ2) is 4.40. The molecule has 0 unspecified atom stereocenters. The van der Waals surface area contributed by atoms with Gasteiger partial charge in [0.2, 0.25) is 5.95 Å². The van der Waals surface area contributed by atoms with Gasteiger partial charge in [-0.1, -0.05) is 26.8 Å². The van der Waals surface area contributed by atoms with E-state index in [2.05, 4.69) is 65.3 Å². The SMILES string of the molecule is CNc1ncc2cc3cc(C(C)(C)C)ccc3nc2n1. The maximum Gasteiger partial charge on any atom is 0.224 e. The van der Waals surface area contributed by atoms with E-state index < -0.39 is 0 Å². The van der Waals surface area contributed by atoms with Crippen LogP contribution in [0.4, 0.5) is 5.95 Å². The minimum Gasteiger partial charge on any atom is -0.357 e. The first-order chi connectivity index (χ1) is 9.47. The molecular weight excluding hydrogens is 248 g/mol. The monoisotopic (exact) mass is 266 g/mol. The zero-order chi connectivity index (χ0) is 14.3. The van der Waals surface area contributed by atoms with E-state index in [4.69, 9.17) is 0 Å². The van der Waals surface area contributed by atoms with Gasteiger partial charge in [0.1, 0.15) is 0 Å². The molecule has 0 fully saturated rings. The number of nitrogens with one attached hydrogen (secondary N) is 1. The third-order valence-corrected chi connectivity index (χ3v) is 3.45. The molecular formula is C16H18N4. The van der Waals surface area contributed by atoms with Crippen molar-refractivity contribution in [2.75, 3.05) is 12.4 Å². The summed E-state index contributed by atoms with van der Waals surface area (Å²) < 4.78 is 0. The Hall–Kier alpha value is -2.23. The van der Waals surface area contributed by atoms with Crippen molar-refractivity contribution in [3.05, 3.63) is 36.0 Å². The van der Waals surface area contributed by atoms with Crippen LogP contribution in [0.25, 0.3) is 21.9 Å². The number of nitrogens with zero attached hydrogens (tertiary/aromatic N) is 3. The summed E-state index contributed by atoms with van der Waals surface area (Å²) in [7, 11) is 1.80. The molecule has 0 amide bonds. The highest BCUT2D eigenvalue weighted by Crippen LogP contribution is 2.27. The van der Waals surface area contributed by atoms with Gasteiger partial charge < -0.3 is 5.32 Å². The van der Waals surface area contributed by atoms with Gasteiger partial charge in [0.25, 0.3) is 0 Å². The Bertz CT molecular complexity index is 787. The molecule has 1 N–H and O–H groups in total. The van der Waals surface area contributed by atoms with Crippen LogP contribution in [-0.4, -0.2) is 22.0 Å². The zero-order valence-corrected chi connectivity index (χ0v) is 12.2. The number of pyridine rings is 1. The topological polar surface area (TPSA) is 50.7 Å². The van der Waals surface area contributed by atoms with Crippen molar-refractivity contribution in [1.29, 1.82) is 0 Å². The lowest BCUT2D eigenvalue weighted by Gasteiger charge is -2.19. The summed E-state index contributed by atoms with van der Waals surface area (Å²) in [4.78, 5) is 13.2. The van der Waals surface area contributed by atoms with Crippen LogP contribution in [0.3, 0.4) is 0 Å². The van der Waals surface area contributed by atoms with Crippen LogP contribution >= 0.6 is 0 Å². The molecule has 0 saturated carbocycles. The fourth-order valence-electron chi connectivity index (χ4n) is 2.21. The average Bonchev–Trinajstić information content (AvgIpc) is 2.42. The zero-order valence-electron chi connectivity index (χ0n) is 12.2. The Morgan fingerprint density at radius 1 is 1.00 bits per heavy atom. The van der Waals surface area contributed by atoms with Crippen LogP contribution in [0, 0.1) is 0 Å². The van der Waals surface area contributed by atoms with E-state index in [0.29, 0.717) is 5.95 Å². The normalized spacial score (nSPS) is 12.0. The Labute approximate surface area is 118 Å². The van der Waals surface area contributed by atoms with E-state index in [1.54, 1.807) is 7.05 Å². The molecule has 0 bridgehead atoms. The van der Waals surface area contributed by atoms with Gasteiger partial charge in [-0.2, -0.15) is 4.98 Å². The first-order valence-corrected chi connectivity index (χ1v) is 6.73. The van der Waals surface area contributed by atoms with Gasteiger partial charge in [-0.15, -0.1) is 0 Å². The molecule has 0 radical (unpaired) electrons. The van der Waals surface area contributed by atoms with Crippen LogP contribution in [0.15, 0.2) is 30.5 Å². The molecule has 0 aliphatic carbocycles. The molecule has 0 aliphatic rings. The van der Waals surface area contributed by atoms with E-state index in [0.717, 1.165) is 21.9 Å². The largest absolute Gasteiger partial charge is 0.357 e. The van der Waals surface area contributed by atoms with Crippen molar-refractivity contribution < 1.29 is 0 Å². The standard InChI is InChI=1S/C16H18N4/c1-16(2,3)12-5-6-13-10(8-12)7-11-9-18-15(17-4)20-14(11)19-13/h5-9H,1-4H3,(H,17,18,19,20). The third kappa shape index (κ3) is 2.18. The highest BCUT2D eigenvalue weighted by Gasteiger charge is 2.14. The van der Waals surface area contributed by atoms with E-state index in [9.17, 15) is 0 Å². The summed E-state index contributed by atoms with van der Waals surface area (Å²) >= 11 is 0. The van der Waals surface area contributed by atoms with Crippen LogP contribution in [-0.2, 0) is 5.41 Å². The predicted molar refractivity (Wildman–Crippen MR) is 83.1 cm³/mol. The molecule has 102 valence electrons. The Morgan fingerprint density at radius 2 is 1.80 bits per heavy atom. The summed E-state index contributed by atoms with van der Waals surface area (Å²) in [6.45, 7) is 6.64. The average molecular weight is 266 g/mol. The maximum absolute atomic E-state index is 4.62. The van der Waals surface area contributed by atoms with Crippen LogP contribution in [0.5, 0.6) is 0 Å². The van der Waals surface area contributed by atoms with Crippen molar-refractivity contribution in [3.63, 3.8) is 0 Å². The van der Waals surface area contributed by atoms with Gasteiger partial charge in [-0.05, 0) is 29.2 Å². The van der Waals surface area contributed by atoms with Gasteiger partial charge in [0, 0.05) is 24.0 Å². The van der Waals surface area contributed by atoms with Gasteiger partial charge >= 0.3 is 0 Å². The number of fused-ring (bicyclic) bond motifs is 2. The minimum atomic E-state index is 0.135. The molecule has 0 spiro atoms. The van der Waals surface area contributed by atoms with Gasteiger partial charge in [0.15, 0.2) is 5.65 Å². The Kier molecular flexibility index (Phi) is 2.82. The highest BCUT2D eigenvalue weighted by molar-refractivity contribution is 5.91. The molecule has 1 aromatic carbocycles. The number of hydrogen-bond acceptors (Lipinski definition) is 4. The second-order valence-electron chi connectivity index (χ2n) is 6.00. The number of rotatable bonds is 1. The number of aromatic nitrogens is 3. The molecule has 2 aromatic heterocycles. The molecule has 2 heterocycles. The minimum absolute atomic E-state index is 0.135. The molecule has 0 saturated heterocycles.